The van der Waals surface area contributed by atoms with Crippen LogP contribution in [0.3, 0.4) is 0 Å². The summed E-state index contributed by atoms with van der Waals surface area (Å²) in [4.78, 5) is 0.645. The molecule has 0 aromatic rings. The van der Waals surface area contributed by atoms with Gasteiger partial charge in [-0.05, 0) is 37.5 Å². The van der Waals surface area contributed by atoms with Crippen molar-refractivity contribution in [2.75, 3.05) is 0 Å². The Morgan fingerprint density at radius 3 is 2.07 bits per heavy atom. The molecule has 15 heavy (non-hydrogen) atoms. The van der Waals surface area contributed by atoms with E-state index in [9.17, 15) is 0 Å². The molecule has 0 aliphatic heterocycles. The molecule has 4 atom stereocenters. The van der Waals surface area contributed by atoms with Gasteiger partial charge in [0.05, 0.1) is 0 Å². The first-order chi connectivity index (χ1) is 7.00. The summed E-state index contributed by atoms with van der Waals surface area (Å²) in [5, 5.41) is 0. The average molecular weight is 335 g/mol. The molecule has 0 spiro atoms. The maximum atomic E-state index is 6.10. The van der Waals surface area contributed by atoms with Crippen molar-refractivity contribution in [1.29, 1.82) is 0 Å². The molecule has 2 aliphatic rings. The normalized spacial score (nSPS) is 42.4. The fourth-order valence-corrected chi connectivity index (χ4v) is 5.04. The van der Waals surface area contributed by atoms with Gasteiger partial charge in [-0.1, -0.05) is 63.6 Å². The van der Waals surface area contributed by atoms with Gasteiger partial charge in [0, 0.05) is 10.7 Å². The van der Waals surface area contributed by atoms with Crippen molar-refractivity contribution in [3.05, 3.63) is 0 Å². The second-order valence-electron chi connectivity index (χ2n) is 4.85. The van der Waals surface area contributed by atoms with Crippen molar-refractivity contribution in [3.8, 4) is 0 Å². The molecule has 0 aromatic heterocycles. The van der Waals surface area contributed by atoms with Crippen LogP contribution in [0.25, 0.3) is 0 Å². The molecular weight excluding hydrogens is 318 g/mol. The molecule has 88 valence electrons. The lowest BCUT2D eigenvalue weighted by atomic mass is 9.66. The molecular formula is C11H16BrCl3. The number of hydrogen-bond donors (Lipinski definition) is 0. The summed E-state index contributed by atoms with van der Waals surface area (Å²) < 4.78 is -1.06. The van der Waals surface area contributed by atoms with E-state index in [0.29, 0.717) is 10.7 Å². The second kappa shape index (κ2) is 4.92. The summed E-state index contributed by atoms with van der Waals surface area (Å²) in [6.07, 6.45) is 7.39. The van der Waals surface area contributed by atoms with E-state index >= 15 is 0 Å². The molecule has 2 aliphatic carbocycles. The van der Waals surface area contributed by atoms with Gasteiger partial charge in [0.15, 0.2) is 3.79 Å². The van der Waals surface area contributed by atoms with Crippen molar-refractivity contribution in [1.82, 2.24) is 0 Å². The van der Waals surface area contributed by atoms with E-state index in [4.69, 9.17) is 34.8 Å². The molecule has 2 saturated carbocycles. The van der Waals surface area contributed by atoms with Crippen LogP contribution in [0.1, 0.15) is 38.5 Å². The third kappa shape index (κ3) is 2.78. The Hall–Kier alpha value is 1.35. The van der Waals surface area contributed by atoms with Gasteiger partial charge in [0.2, 0.25) is 0 Å². The van der Waals surface area contributed by atoms with Crippen LogP contribution >= 0.6 is 50.7 Å². The van der Waals surface area contributed by atoms with Crippen LogP contribution < -0.4 is 0 Å². The number of fused-ring (bicyclic) bond motifs is 1. The van der Waals surface area contributed by atoms with Gasteiger partial charge in [-0.15, -0.1) is 0 Å². The van der Waals surface area contributed by atoms with E-state index in [-0.39, 0.29) is 5.92 Å². The van der Waals surface area contributed by atoms with E-state index in [1.807, 2.05) is 0 Å². The van der Waals surface area contributed by atoms with E-state index in [1.54, 1.807) is 0 Å². The van der Waals surface area contributed by atoms with E-state index < -0.39 is 3.79 Å². The Balaban J connectivity index is 2.14. The Morgan fingerprint density at radius 2 is 1.47 bits per heavy atom. The first kappa shape index (κ1) is 12.8. The molecule has 0 amide bonds. The van der Waals surface area contributed by atoms with Gasteiger partial charge >= 0.3 is 0 Å². The zero-order valence-electron chi connectivity index (χ0n) is 8.56. The first-order valence-electron chi connectivity index (χ1n) is 5.71. The summed E-state index contributed by atoms with van der Waals surface area (Å²) in [6.45, 7) is 0. The summed E-state index contributed by atoms with van der Waals surface area (Å²) >= 11 is 22.1. The minimum absolute atomic E-state index is 0.265. The van der Waals surface area contributed by atoms with Crippen LogP contribution in [0.4, 0.5) is 0 Å². The van der Waals surface area contributed by atoms with Crippen molar-refractivity contribution in [2.24, 2.45) is 17.8 Å². The minimum atomic E-state index is -1.06. The van der Waals surface area contributed by atoms with Gasteiger partial charge in [-0.3, -0.25) is 0 Å². The number of halogens is 4. The van der Waals surface area contributed by atoms with Crippen LogP contribution in [0.15, 0.2) is 0 Å². The van der Waals surface area contributed by atoms with E-state index in [0.717, 1.165) is 18.8 Å². The van der Waals surface area contributed by atoms with Crippen molar-refractivity contribution >= 4 is 50.7 Å². The number of hydrogen-bond acceptors (Lipinski definition) is 0. The first-order valence-corrected chi connectivity index (χ1v) is 7.76. The Bertz CT molecular complexity index is 226. The molecule has 0 nitrogen and oxygen atoms in total. The van der Waals surface area contributed by atoms with Crippen LogP contribution in [-0.4, -0.2) is 8.62 Å². The molecule has 0 heterocycles. The van der Waals surface area contributed by atoms with Gasteiger partial charge in [-0.25, -0.2) is 0 Å². The van der Waals surface area contributed by atoms with Gasteiger partial charge < -0.3 is 0 Å². The van der Waals surface area contributed by atoms with E-state index in [1.165, 1.54) is 25.7 Å². The molecule has 0 radical (unpaired) electrons. The molecule has 4 heteroatoms. The Labute approximate surface area is 115 Å². The minimum Gasteiger partial charge on any atom is -0.0888 e. The van der Waals surface area contributed by atoms with Crippen LogP contribution in [-0.2, 0) is 0 Å². The largest absolute Gasteiger partial charge is 0.193 e. The molecule has 4 unspecified atom stereocenters. The van der Waals surface area contributed by atoms with Crippen LogP contribution in [0.5, 0.6) is 0 Å². The van der Waals surface area contributed by atoms with Crippen molar-refractivity contribution in [2.45, 2.75) is 47.1 Å². The smallest absolute Gasteiger partial charge is 0.0888 e. The van der Waals surface area contributed by atoms with Crippen molar-refractivity contribution < 1.29 is 0 Å². The lowest BCUT2D eigenvalue weighted by Crippen LogP contribution is -2.42. The van der Waals surface area contributed by atoms with Crippen LogP contribution in [0, 0.1) is 17.8 Å². The van der Waals surface area contributed by atoms with Crippen molar-refractivity contribution in [3.63, 3.8) is 0 Å². The third-order valence-corrected chi connectivity index (χ3v) is 6.01. The molecule has 2 fully saturated rings. The lowest BCUT2D eigenvalue weighted by molar-refractivity contribution is 0.114. The van der Waals surface area contributed by atoms with Gasteiger partial charge in [0.1, 0.15) is 0 Å². The zero-order valence-corrected chi connectivity index (χ0v) is 12.4. The lowest BCUT2D eigenvalue weighted by Gasteiger charge is -2.46. The Morgan fingerprint density at radius 1 is 0.867 bits per heavy atom. The predicted molar refractivity (Wildman–Crippen MR) is 71.2 cm³/mol. The quantitative estimate of drug-likeness (QED) is 0.525. The second-order valence-corrected chi connectivity index (χ2v) is 8.40. The standard InChI is InChI=1S/C11H16BrCl3/c12-10-6-5-9(11(13,14)15)7-3-1-2-4-8(7)10/h7-10H,1-6H2. The predicted octanol–water partition coefficient (Wildman–Crippen LogP) is 5.34. The molecule has 0 saturated heterocycles. The zero-order chi connectivity index (χ0) is 11.1. The average Bonchev–Trinajstić information content (AvgIpc) is 2.17. The SMILES string of the molecule is ClC(Cl)(Cl)C1CCC(Br)C2CCCCC21. The highest BCUT2D eigenvalue weighted by atomic mass is 79.9. The maximum Gasteiger partial charge on any atom is 0.193 e. The molecule has 2 rings (SSSR count). The number of rotatable bonds is 0. The Kier molecular flexibility index (Phi) is 4.20. The fraction of sp³-hybridized carbons (Fsp3) is 1.00. The van der Waals surface area contributed by atoms with Gasteiger partial charge in [0.25, 0.3) is 0 Å². The summed E-state index contributed by atoms with van der Waals surface area (Å²) in [5.74, 6) is 1.61. The summed E-state index contributed by atoms with van der Waals surface area (Å²) in [7, 11) is 0. The van der Waals surface area contributed by atoms with Crippen LogP contribution in [0.2, 0.25) is 0 Å². The fourth-order valence-electron chi connectivity index (χ4n) is 3.31. The summed E-state index contributed by atoms with van der Waals surface area (Å²) in [6, 6.07) is 0. The van der Waals surface area contributed by atoms with E-state index in [2.05, 4.69) is 15.9 Å². The molecule has 0 bridgehead atoms. The third-order valence-electron chi connectivity index (χ3n) is 4.03. The monoisotopic (exact) mass is 332 g/mol. The maximum absolute atomic E-state index is 6.10. The highest BCUT2D eigenvalue weighted by Gasteiger charge is 2.47. The summed E-state index contributed by atoms with van der Waals surface area (Å²) in [5.41, 5.74) is 0. The molecule has 0 aromatic carbocycles. The highest BCUT2D eigenvalue weighted by molar-refractivity contribution is 9.09. The topological polar surface area (TPSA) is 0 Å². The highest BCUT2D eigenvalue weighted by Crippen LogP contribution is 2.53. The number of alkyl halides is 4. The van der Waals surface area contributed by atoms with Gasteiger partial charge in [-0.2, -0.15) is 0 Å². The molecule has 0 N–H and O–H groups in total.